The molecular formula is C27H39N5O. The number of hydrogen-bond acceptors (Lipinski definition) is 5. The number of nitrogens with one attached hydrogen (secondary N) is 1. The van der Waals surface area contributed by atoms with E-state index in [1.54, 1.807) is 7.11 Å². The first kappa shape index (κ1) is 24.2. The van der Waals surface area contributed by atoms with Crippen LogP contribution in [0.3, 0.4) is 0 Å². The molecule has 0 saturated heterocycles. The Labute approximate surface area is 200 Å². The standard InChI is InChI=1S/C24H27N5O.C2H6.CH4.H2/c1-27-14-19(25-17-27)11-12-28-16-24-26-21(20-8-4-6-10-23(20)30-2)15-29(24)13-18-7-3-5-9-22(18)28;1-2;;/h3-10,14-15,25H,11-13,16-17H2,1-2H3;1-2H3;1H4;1H. The molecule has 0 saturated carbocycles. The summed E-state index contributed by atoms with van der Waals surface area (Å²) >= 11 is 0. The van der Waals surface area contributed by atoms with Gasteiger partial charge in [-0.05, 0) is 23.8 Å². The molecule has 6 heteroatoms. The summed E-state index contributed by atoms with van der Waals surface area (Å²) in [4.78, 5) is 9.65. The Balaban J connectivity index is 0.000000995. The molecule has 0 radical (unpaired) electrons. The van der Waals surface area contributed by atoms with E-state index in [1.165, 1.54) is 16.9 Å². The van der Waals surface area contributed by atoms with Crippen molar-refractivity contribution < 1.29 is 6.16 Å². The van der Waals surface area contributed by atoms with Crippen LogP contribution in [0.1, 0.15) is 40.5 Å². The number of rotatable bonds is 5. The molecule has 0 aliphatic carbocycles. The van der Waals surface area contributed by atoms with Gasteiger partial charge in [0.05, 0.1) is 32.6 Å². The third kappa shape index (κ3) is 5.16. The smallest absolute Gasteiger partial charge is 0.129 e. The molecule has 3 heterocycles. The van der Waals surface area contributed by atoms with Gasteiger partial charge in [-0.3, -0.25) is 0 Å². The van der Waals surface area contributed by atoms with Crippen LogP contribution < -0.4 is 15.0 Å². The maximum Gasteiger partial charge on any atom is 0.129 e. The van der Waals surface area contributed by atoms with Gasteiger partial charge in [-0.25, -0.2) is 4.98 Å². The average Bonchev–Trinajstić information content (AvgIpc) is 3.40. The Morgan fingerprint density at radius 1 is 1.06 bits per heavy atom. The molecule has 0 fully saturated rings. The summed E-state index contributed by atoms with van der Waals surface area (Å²) in [5, 5.41) is 3.47. The summed E-state index contributed by atoms with van der Waals surface area (Å²) in [6, 6.07) is 16.8. The third-order valence-corrected chi connectivity index (χ3v) is 5.83. The second-order valence-corrected chi connectivity index (χ2v) is 7.92. The number of anilines is 1. The van der Waals surface area contributed by atoms with Gasteiger partial charge in [0.15, 0.2) is 0 Å². The number of fused-ring (bicyclic) bond motifs is 2. The van der Waals surface area contributed by atoms with E-state index in [-0.39, 0.29) is 8.85 Å². The van der Waals surface area contributed by atoms with Crippen molar-refractivity contribution in [2.45, 2.75) is 40.8 Å². The zero-order chi connectivity index (χ0) is 22.5. The Hall–Kier alpha value is -3.41. The van der Waals surface area contributed by atoms with Crippen molar-refractivity contribution in [1.29, 1.82) is 0 Å². The molecule has 1 N–H and O–H groups in total. The number of nitrogens with zero attached hydrogens (tertiary/aromatic N) is 4. The summed E-state index contributed by atoms with van der Waals surface area (Å²) in [5.41, 5.74) is 5.91. The summed E-state index contributed by atoms with van der Waals surface area (Å²) in [6.07, 6.45) is 5.34. The van der Waals surface area contributed by atoms with Crippen molar-refractivity contribution in [3.8, 4) is 17.0 Å². The number of hydrogen-bond donors (Lipinski definition) is 1. The lowest BCUT2D eigenvalue weighted by molar-refractivity contribution is 0.416. The van der Waals surface area contributed by atoms with Crippen LogP contribution in [0, 0.1) is 0 Å². The minimum atomic E-state index is 0. The number of para-hydroxylation sites is 2. The third-order valence-electron chi connectivity index (χ3n) is 5.83. The first-order valence-corrected chi connectivity index (χ1v) is 11.4. The molecule has 33 heavy (non-hydrogen) atoms. The number of imidazole rings is 1. The average molecular weight is 450 g/mol. The molecule has 0 amide bonds. The second-order valence-electron chi connectivity index (χ2n) is 7.92. The molecule has 2 aromatic carbocycles. The molecule has 0 bridgehead atoms. The molecule has 2 aliphatic heterocycles. The van der Waals surface area contributed by atoms with Gasteiger partial charge < -0.3 is 24.4 Å². The quantitative estimate of drug-likeness (QED) is 0.553. The number of aromatic nitrogens is 2. The lowest BCUT2D eigenvalue weighted by atomic mass is 10.1. The van der Waals surface area contributed by atoms with Crippen LogP contribution in [-0.2, 0) is 13.1 Å². The maximum absolute atomic E-state index is 5.56. The van der Waals surface area contributed by atoms with E-state index < -0.39 is 0 Å². The van der Waals surface area contributed by atoms with E-state index >= 15 is 0 Å². The van der Waals surface area contributed by atoms with E-state index in [2.05, 4.69) is 69.5 Å². The largest absolute Gasteiger partial charge is 0.496 e. The van der Waals surface area contributed by atoms with Gasteiger partial charge in [-0.1, -0.05) is 51.6 Å². The molecule has 5 rings (SSSR count). The molecule has 1 aromatic heterocycles. The Morgan fingerprint density at radius 3 is 2.58 bits per heavy atom. The summed E-state index contributed by atoms with van der Waals surface area (Å²) in [5.74, 6) is 1.93. The fourth-order valence-electron chi connectivity index (χ4n) is 4.29. The lowest BCUT2D eigenvalue weighted by Crippen LogP contribution is -2.26. The first-order chi connectivity index (χ1) is 15.7. The predicted octanol–water partition coefficient (Wildman–Crippen LogP) is 5.56. The maximum atomic E-state index is 5.56. The molecular weight excluding hydrogens is 410 g/mol. The van der Waals surface area contributed by atoms with Gasteiger partial charge in [0, 0.05) is 50.8 Å². The van der Waals surface area contributed by atoms with Gasteiger partial charge in [0.1, 0.15) is 11.6 Å². The van der Waals surface area contributed by atoms with Crippen LogP contribution >= 0.6 is 0 Å². The van der Waals surface area contributed by atoms with E-state index in [9.17, 15) is 0 Å². The van der Waals surface area contributed by atoms with Crippen molar-refractivity contribution in [1.82, 2.24) is 19.8 Å². The highest BCUT2D eigenvalue weighted by molar-refractivity contribution is 5.67. The van der Waals surface area contributed by atoms with Crippen molar-refractivity contribution >= 4 is 5.69 Å². The topological polar surface area (TPSA) is 45.6 Å². The van der Waals surface area contributed by atoms with Crippen molar-refractivity contribution in [3.63, 3.8) is 0 Å². The van der Waals surface area contributed by atoms with Crippen molar-refractivity contribution in [2.75, 3.05) is 32.3 Å². The van der Waals surface area contributed by atoms with Crippen LogP contribution in [0.15, 0.2) is 66.6 Å². The second kappa shape index (κ2) is 10.9. The zero-order valence-electron chi connectivity index (χ0n) is 19.5. The number of methoxy groups -OCH3 is 1. The Bertz CT molecular complexity index is 1090. The zero-order valence-corrected chi connectivity index (χ0v) is 19.5. The van der Waals surface area contributed by atoms with E-state index in [0.717, 1.165) is 55.6 Å². The summed E-state index contributed by atoms with van der Waals surface area (Å²) < 4.78 is 7.84. The molecule has 0 unspecified atom stereocenters. The van der Waals surface area contributed by atoms with E-state index in [0.29, 0.717) is 0 Å². The molecule has 2 aliphatic rings. The Morgan fingerprint density at radius 2 is 1.82 bits per heavy atom. The highest BCUT2D eigenvalue weighted by Crippen LogP contribution is 2.32. The van der Waals surface area contributed by atoms with Crippen molar-refractivity contribution in [2.24, 2.45) is 0 Å². The van der Waals surface area contributed by atoms with Gasteiger partial charge >= 0.3 is 0 Å². The molecule has 0 spiro atoms. The highest BCUT2D eigenvalue weighted by Gasteiger charge is 2.22. The normalized spacial score (nSPS) is 14.0. The predicted molar refractivity (Wildman–Crippen MR) is 139 cm³/mol. The minimum Gasteiger partial charge on any atom is -0.496 e. The van der Waals surface area contributed by atoms with Gasteiger partial charge in [0.25, 0.3) is 0 Å². The number of benzene rings is 2. The summed E-state index contributed by atoms with van der Waals surface area (Å²) in [7, 11) is 3.80. The monoisotopic (exact) mass is 449 g/mol. The first-order valence-electron chi connectivity index (χ1n) is 11.4. The van der Waals surface area contributed by atoms with Crippen LogP contribution in [0.5, 0.6) is 5.75 Å². The molecule has 6 nitrogen and oxygen atoms in total. The van der Waals surface area contributed by atoms with Crippen LogP contribution in [0.25, 0.3) is 11.3 Å². The Kier molecular flexibility index (Phi) is 8.04. The van der Waals surface area contributed by atoms with E-state index in [4.69, 9.17) is 9.72 Å². The van der Waals surface area contributed by atoms with Crippen LogP contribution in [0.2, 0.25) is 0 Å². The fourth-order valence-corrected chi connectivity index (χ4v) is 4.29. The number of ether oxygens (including phenoxy) is 1. The highest BCUT2D eigenvalue weighted by atomic mass is 16.5. The minimum absolute atomic E-state index is 0. The van der Waals surface area contributed by atoms with Crippen LogP contribution in [0.4, 0.5) is 5.69 Å². The summed E-state index contributed by atoms with van der Waals surface area (Å²) in [6.45, 7) is 7.45. The van der Waals surface area contributed by atoms with Gasteiger partial charge in [-0.15, -0.1) is 0 Å². The van der Waals surface area contributed by atoms with Gasteiger partial charge in [0.2, 0.25) is 0 Å². The lowest BCUT2D eigenvalue weighted by Gasteiger charge is -2.24. The fraction of sp³-hybridized carbons (Fsp3) is 0.370. The molecule has 0 atom stereocenters. The molecule has 3 aromatic rings. The van der Waals surface area contributed by atoms with Crippen LogP contribution in [-0.4, -0.2) is 41.8 Å². The van der Waals surface area contributed by atoms with E-state index in [1.807, 2.05) is 32.0 Å². The molecule has 178 valence electrons. The SMILES string of the molecule is C.CC.COc1ccccc1-c1cn2c(n1)CN(CCC1=CN(C)CN1)c1ccccc1C2.[HH]. The van der Waals surface area contributed by atoms with Gasteiger partial charge in [-0.2, -0.15) is 0 Å². The van der Waals surface area contributed by atoms with Crippen molar-refractivity contribution in [3.05, 3.63) is 78.0 Å².